The highest BCUT2D eigenvalue weighted by molar-refractivity contribution is 5.89. The summed E-state index contributed by atoms with van der Waals surface area (Å²) in [7, 11) is 0. The molecule has 21 heavy (non-hydrogen) atoms. The summed E-state index contributed by atoms with van der Waals surface area (Å²) in [4.78, 5) is 24.2. The number of aryl methyl sites for hydroxylation is 1. The topological polar surface area (TPSA) is 78.9 Å². The molecule has 7 heteroatoms. The smallest absolute Gasteiger partial charge is 0.322 e. The number of rotatable bonds is 3. The fourth-order valence-electron chi connectivity index (χ4n) is 2.23. The zero-order valence-corrected chi connectivity index (χ0v) is 11.6. The predicted octanol–water partition coefficient (Wildman–Crippen LogP) is 1.84. The van der Waals surface area contributed by atoms with Crippen molar-refractivity contribution in [3.63, 3.8) is 0 Å². The van der Waals surface area contributed by atoms with Gasteiger partial charge in [-0.2, -0.15) is 0 Å². The number of carboxylic acids is 1. The van der Waals surface area contributed by atoms with Gasteiger partial charge in [-0.05, 0) is 30.7 Å². The predicted molar refractivity (Wildman–Crippen MR) is 73.7 cm³/mol. The molecule has 0 aromatic heterocycles. The Kier molecular flexibility index (Phi) is 4.74. The number of benzene rings is 1. The van der Waals surface area contributed by atoms with E-state index in [4.69, 9.17) is 9.84 Å². The monoisotopic (exact) mass is 296 g/mol. The Morgan fingerprint density at radius 1 is 1.48 bits per heavy atom. The second-order valence-corrected chi connectivity index (χ2v) is 4.98. The third-order valence-corrected chi connectivity index (χ3v) is 3.12. The van der Waals surface area contributed by atoms with Gasteiger partial charge in [0.05, 0.1) is 19.1 Å². The number of carboxylic acid groups (broad SMARTS) is 1. The van der Waals surface area contributed by atoms with Gasteiger partial charge in [0.25, 0.3) is 0 Å². The highest BCUT2D eigenvalue weighted by atomic mass is 19.1. The van der Waals surface area contributed by atoms with Crippen molar-refractivity contribution in [3.8, 4) is 0 Å². The maximum atomic E-state index is 13.3. The SMILES string of the molecule is Cc1cc(F)cc(NC(=O)N2CCOC(CC(=O)O)C2)c1. The zero-order chi connectivity index (χ0) is 15.4. The average Bonchev–Trinajstić information content (AvgIpc) is 2.36. The van der Waals surface area contributed by atoms with Crippen molar-refractivity contribution < 1.29 is 23.8 Å². The molecule has 1 atom stereocenters. The summed E-state index contributed by atoms with van der Waals surface area (Å²) in [5, 5.41) is 11.4. The summed E-state index contributed by atoms with van der Waals surface area (Å²) < 4.78 is 18.6. The zero-order valence-electron chi connectivity index (χ0n) is 11.6. The van der Waals surface area contributed by atoms with E-state index in [0.717, 1.165) is 0 Å². The van der Waals surface area contributed by atoms with E-state index in [1.165, 1.54) is 17.0 Å². The highest BCUT2D eigenvalue weighted by Gasteiger charge is 2.26. The Labute approximate surface area is 121 Å². The lowest BCUT2D eigenvalue weighted by atomic mass is 10.2. The van der Waals surface area contributed by atoms with Gasteiger partial charge in [0, 0.05) is 18.8 Å². The molecule has 1 aromatic rings. The van der Waals surface area contributed by atoms with Gasteiger partial charge in [0.2, 0.25) is 0 Å². The van der Waals surface area contributed by atoms with Crippen molar-refractivity contribution in [2.45, 2.75) is 19.4 Å². The molecule has 1 saturated heterocycles. The van der Waals surface area contributed by atoms with Crippen LogP contribution in [-0.2, 0) is 9.53 Å². The van der Waals surface area contributed by atoms with E-state index < -0.39 is 23.9 Å². The molecule has 0 radical (unpaired) electrons. The van der Waals surface area contributed by atoms with E-state index >= 15 is 0 Å². The van der Waals surface area contributed by atoms with Crippen LogP contribution < -0.4 is 5.32 Å². The Morgan fingerprint density at radius 3 is 2.90 bits per heavy atom. The van der Waals surface area contributed by atoms with Crippen LogP contribution in [-0.4, -0.2) is 47.8 Å². The van der Waals surface area contributed by atoms with E-state index in [9.17, 15) is 14.0 Å². The van der Waals surface area contributed by atoms with Gasteiger partial charge in [-0.1, -0.05) is 0 Å². The Morgan fingerprint density at radius 2 is 2.24 bits per heavy atom. The van der Waals surface area contributed by atoms with Gasteiger partial charge in [0.1, 0.15) is 5.82 Å². The molecule has 1 unspecified atom stereocenters. The van der Waals surface area contributed by atoms with E-state index in [0.29, 0.717) is 17.8 Å². The highest BCUT2D eigenvalue weighted by Crippen LogP contribution is 2.15. The molecule has 1 heterocycles. The molecule has 0 aliphatic carbocycles. The summed E-state index contributed by atoms with van der Waals surface area (Å²) in [6.07, 6.45) is -0.667. The van der Waals surface area contributed by atoms with Gasteiger partial charge < -0.3 is 20.1 Å². The number of aliphatic carboxylic acids is 1. The quantitative estimate of drug-likeness (QED) is 0.892. The van der Waals surface area contributed by atoms with Gasteiger partial charge in [-0.15, -0.1) is 0 Å². The maximum absolute atomic E-state index is 13.3. The summed E-state index contributed by atoms with van der Waals surface area (Å²) in [6, 6.07) is 3.88. The van der Waals surface area contributed by atoms with E-state index in [-0.39, 0.29) is 19.6 Å². The fraction of sp³-hybridized carbons (Fsp3) is 0.429. The standard InChI is InChI=1S/C14H17FN2O4/c1-9-4-10(15)6-11(5-9)16-14(20)17-2-3-21-12(8-17)7-13(18)19/h4-6,12H,2-3,7-8H2,1H3,(H,16,20)(H,18,19). The number of ether oxygens (including phenoxy) is 1. The van der Waals surface area contributed by atoms with Crippen LogP contribution in [0.1, 0.15) is 12.0 Å². The third-order valence-electron chi connectivity index (χ3n) is 3.12. The maximum Gasteiger partial charge on any atom is 0.322 e. The van der Waals surface area contributed by atoms with Crippen LogP contribution in [0.3, 0.4) is 0 Å². The van der Waals surface area contributed by atoms with Crippen LogP contribution in [0.5, 0.6) is 0 Å². The van der Waals surface area contributed by atoms with Gasteiger partial charge in [-0.3, -0.25) is 4.79 Å². The van der Waals surface area contributed by atoms with Gasteiger partial charge in [-0.25, -0.2) is 9.18 Å². The summed E-state index contributed by atoms with van der Waals surface area (Å²) in [5.41, 5.74) is 1.08. The molecule has 1 aromatic carbocycles. The molecule has 1 aliphatic rings. The van der Waals surface area contributed by atoms with Crippen molar-refractivity contribution in [2.75, 3.05) is 25.0 Å². The first kappa shape index (κ1) is 15.2. The number of nitrogens with zero attached hydrogens (tertiary/aromatic N) is 1. The van der Waals surface area contributed by atoms with E-state index in [1.807, 2.05) is 0 Å². The van der Waals surface area contributed by atoms with Crippen molar-refractivity contribution in [3.05, 3.63) is 29.6 Å². The largest absolute Gasteiger partial charge is 0.481 e. The van der Waals surface area contributed by atoms with Crippen molar-refractivity contribution in [1.29, 1.82) is 0 Å². The lowest BCUT2D eigenvalue weighted by Crippen LogP contribution is -2.47. The number of urea groups is 1. The Bertz CT molecular complexity index is 530. The molecule has 0 spiro atoms. The van der Waals surface area contributed by atoms with Gasteiger partial charge in [0.15, 0.2) is 0 Å². The first-order valence-electron chi connectivity index (χ1n) is 6.60. The number of hydrogen-bond donors (Lipinski definition) is 2. The summed E-state index contributed by atoms with van der Waals surface area (Å²) in [5.74, 6) is -1.39. The minimum atomic E-state index is -0.969. The van der Waals surface area contributed by atoms with E-state index in [2.05, 4.69) is 5.32 Å². The number of morpholine rings is 1. The number of carbonyl (C=O) groups excluding carboxylic acids is 1. The molecule has 2 amide bonds. The normalized spacial score (nSPS) is 18.4. The lowest BCUT2D eigenvalue weighted by molar-refractivity contribution is -0.141. The average molecular weight is 296 g/mol. The molecular formula is C14H17FN2O4. The molecule has 0 saturated carbocycles. The first-order valence-corrected chi connectivity index (χ1v) is 6.60. The summed E-state index contributed by atoms with van der Waals surface area (Å²) >= 11 is 0. The molecule has 0 bridgehead atoms. The number of hydrogen-bond acceptors (Lipinski definition) is 3. The number of amides is 2. The van der Waals surface area contributed by atoms with Crippen molar-refractivity contribution in [2.24, 2.45) is 0 Å². The summed E-state index contributed by atoms with van der Waals surface area (Å²) in [6.45, 7) is 2.59. The first-order chi connectivity index (χ1) is 9.94. The number of nitrogens with one attached hydrogen (secondary N) is 1. The second-order valence-electron chi connectivity index (χ2n) is 4.98. The minimum Gasteiger partial charge on any atom is -0.481 e. The van der Waals surface area contributed by atoms with Crippen LogP contribution in [0, 0.1) is 12.7 Å². The van der Waals surface area contributed by atoms with Crippen LogP contribution >= 0.6 is 0 Å². The number of anilines is 1. The molecule has 1 aliphatic heterocycles. The second kappa shape index (κ2) is 6.53. The number of halogens is 1. The molecule has 2 N–H and O–H groups in total. The minimum absolute atomic E-state index is 0.150. The third kappa shape index (κ3) is 4.42. The van der Waals surface area contributed by atoms with Crippen LogP contribution in [0.2, 0.25) is 0 Å². The fourth-order valence-corrected chi connectivity index (χ4v) is 2.23. The van der Waals surface area contributed by atoms with E-state index in [1.54, 1.807) is 13.0 Å². The molecule has 2 rings (SSSR count). The Hall–Kier alpha value is -2.15. The number of carbonyl (C=O) groups is 2. The van der Waals surface area contributed by atoms with Crippen LogP contribution in [0.15, 0.2) is 18.2 Å². The van der Waals surface area contributed by atoms with Crippen LogP contribution in [0.25, 0.3) is 0 Å². The molecule has 114 valence electrons. The van der Waals surface area contributed by atoms with Crippen molar-refractivity contribution >= 4 is 17.7 Å². The molecule has 6 nitrogen and oxygen atoms in total. The van der Waals surface area contributed by atoms with Gasteiger partial charge >= 0.3 is 12.0 Å². The van der Waals surface area contributed by atoms with Crippen molar-refractivity contribution in [1.82, 2.24) is 4.90 Å². The molecule has 1 fully saturated rings. The lowest BCUT2D eigenvalue weighted by Gasteiger charge is -2.32. The molecular weight excluding hydrogens is 279 g/mol. The Balaban J connectivity index is 1.97. The van der Waals surface area contributed by atoms with Crippen LogP contribution in [0.4, 0.5) is 14.9 Å².